The molecule has 29 heavy (non-hydrogen) atoms. The standard InChI is InChI=1S/C20H23N3O5S/c1-29(27,28)17-7-8-18(19(13-17)23(25)26)22-11-9-16(10-12-22)20(24)21-14-15-5-3-2-4-6-15/h2-8,13,16H,9-12,14H2,1H3,(H,21,24). The fourth-order valence-corrected chi connectivity index (χ4v) is 4.10. The van der Waals surface area contributed by atoms with Crippen molar-refractivity contribution in [1.82, 2.24) is 5.32 Å². The van der Waals surface area contributed by atoms with Gasteiger partial charge in [0.2, 0.25) is 5.91 Å². The number of nitrogens with one attached hydrogen (secondary N) is 1. The lowest BCUT2D eigenvalue weighted by atomic mass is 9.95. The summed E-state index contributed by atoms with van der Waals surface area (Å²) in [5.41, 5.74) is 1.17. The average molecular weight is 417 g/mol. The van der Waals surface area contributed by atoms with Crippen molar-refractivity contribution in [1.29, 1.82) is 0 Å². The highest BCUT2D eigenvalue weighted by molar-refractivity contribution is 7.90. The highest BCUT2D eigenvalue weighted by Gasteiger charge is 2.29. The van der Waals surface area contributed by atoms with Crippen LogP contribution in [-0.2, 0) is 21.2 Å². The quantitative estimate of drug-likeness (QED) is 0.571. The number of hydrogen-bond donors (Lipinski definition) is 1. The summed E-state index contributed by atoms with van der Waals surface area (Å²) in [5, 5.41) is 14.4. The minimum Gasteiger partial charge on any atom is -0.366 e. The second-order valence-electron chi connectivity index (χ2n) is 7.14. The topological polar surface area (TPSA) is 110 Å². The Hall–Kier alpha value is -2.94. The van der Waals surface area contributed by atoms with E-state index in [1.807, 2.05) is 35.2 Å². The van der Waals surface area contributed by atoms with Gasteiger partial charge in [-0.25, -0.2) is 8.42 Å². The van der Waals surface area contributed by atoms with Crippen LogP contribution in [-0.4, -0.2) is 38.6 Å². The second kappa shape index (κ2) is 8.60. The Kier molecular flexibility index (Phi) is 6.17. The predicted octanol–water partition coefficient (Wildman–Crippen LogP) is 2.53. The lowest BCUT2D eigenvalue weighted by Crippen LogP contribution is -2.40. The van der Waals surface area contributed by atoms with E-state index in [0.29, 0.717) is 38.2 Å². The van der Waals surface area contributed by atoms with Crippen molar-refractivity contribution in [3.05, 3.63) is 64.2 Å². The van der Waals surface area contributed by atoms with Crippen molar-refractivity contribution in [3.8, 4) is 0 Å². The molecule has 3 rings (SSSR count). The van der Waals surface area contributed by atoms with Gasteiger partial charge in [0.25, 0.3) is 5.69 Å². The molecular formula is C20H23N3O5S. The fourth-order valence-electron chi connectivity index (χ4n) is 3.46. The lowest BCUT2D eigenvalue weighted by molar-refractivity contribution is -0.384. The highest BCUT2D eigenvalue weighted by atomic mass is 32.2. The summed E-state index contributed by atoms with van der Waals surface area (Å²) in [7, 11) is -3.53. The molecule has 0 bridgehead atoms. The third-order valence-corrected chi connectivity index (χ3v) is 6.20. The van der Waals surface area contributed by atoms with Crippen molar-refractivity contribution in [2.24, 2.45) is 5.92 Å². The summed E-state index contributed by atoms with van der Waals surface area (Å²) >= 11 is 0. The van der Waals surface area contributed by atoms with E-state index in [1.165, 1.54) is 12.1 Å². The van der Waals surface area contributed by atoms with Gasteiger partial charge in [0.1, 0.15) is 5.69 Å². The molecular weight excluding hydrogens is 394 g/mol. The van der Waals surface area contributed by atoms with Gasteiger partial charge in [-0.2, -0.15) is 0 Å². The number of carbonyl (C=O) groups excluding carboxylic acids is 1. The zero-order valence-electron chi connectivity index (χ0n) is 16.1. The smallest absolute Gasteiger partial charge is 0.293 e. The number of anilines is 1. The van der Waals surface area contributed by atoms with Crippen LogP contribution in [0.25, 0.3) is 0 Å². The van der Waals surface area contributed by atoms with Crippen LogP contribution in [0.15, 0.2) is 53.4 Å². The van der Waals surface area contributed by atoms with Gasteiger partial charge in [0.05, 0.1) is 9.82 Å². The number of piperidine rings is 1. The van der Waals surface area contributed by atoms with Crippen LogP contribution < -0.4 is 10.2 Å². The van der Waals surface area contributed by atoms with Crippen LogP contribution in [0.4, 0.5) is 11.4 Å². The largest absolute Gasteiger partial charge is 0.366 e. The predicted molar refractivity (Wildman–Crippen MR) is 109 cm³/mol. The third kappa shape index (κ3) is 5.11. The van der Waals surface area contributed by atoms with Crippen LogP contribution in [0.5, 0.6) is 0 Å². The Balaban J connectivity index is 1.64. The molecule has 1 aliphatic rings. The van der Waals surface area contributed by atoms with Gasteiger partial charge < -0.3 is 10.2 Å². The molecule has 9 heteroatoms. The molecule has 0 aliphatic carbocycles. The summed E-state index contributed by atoms with van der Waals surface area (Å²) in [6.07, 6.45) is 2.17. The van der Waals surface area contributed by atoms with E-state index in [-0.39, 0.29) is 22.4 Å². The number of benzene rings is 2. The first-order valence-corrected chi connectivity index (χ1v) is 11.2. The van der Waals surface area contributed by atoms with Crippen LogP contribution in [0.3, 0.4) is 0 Å². The van der Waals surface area contributed by atoms with Gasteiger partial charge in [-0.15, -0.1) is 0 Å². The summed E-state index contributed by atoms with van der Waals surface area (Å²) in [4.78, 5) is 25.1. The molecule has 0 spiro atoms. The summed E-state index contributed by atoms with van der Waals surface area (Å²) in [6.45, 7) is 1.45. The second-order valence-corrected chi connectivity index (χ2v) is 9.16. The summed E-state index contributed by atoms with van der Waals surface area (Å²) < 4.78 is 23.4. The fraction of sp³-hybridized carbons (Fsp3) is 0.350. The van der Waals surface area contributed by atoms with Crippen molar-refractivity contribution >= 4 is 27.1 Å². The molecule has 2 aromatic carbocycles. The Bertz CT molecular complexity index is 1000. The molecule has 0 unspecified atom stereocenters. The molecule has 1 fully saturated rings. The summed E-state index contributed by atoms with van der Waals surface area (Å²) in [5.74, 6) is -0.167. The molecule has 1 N–H and O–H groups in total. The van der Waals surface area contributed by atoms with E-state index in [4.69, 9.17) is 0 Å². The van der Waals surface area contributed by atoms with E-state index >= 15 is 0 Å². The van der Waals surface area contributed by atoms with E-state index in [0.717, 1.165) is 17.9 Å². The molecule has 0 saturated carbocycles. The van der Waals surface area contributed by atoms with Gasteiger partial charge >= 0.3 is 0 Å². The number of nitrogens with zero attached hydrogens (tertiary/aromatic N) is 2. The molecule has 154 valence electrons. The minimum absolute atomic E-state index is 0.0181. The Morgan fingerprint density at radius 3 is 2.41 bits per heavy atom. The first-order chi connectivity index (χ1) is 13.8. The van der Waals surface area contributed by atoms with E-state index in [9.17, 15) is 23.3 Å². The van der Waals surface area contributed by atoms with Gasteiger partial charge in [-0.1, -0.05) is 30.3 Å². The molecule has 1 saturated heterocycles. The molecule has 8 nitrogen and oxygen atoms in total. The third-order valence-electron chi connectivity index (χ3n) is 5.09. The maximum absolute atomic E-state index is 12.4. The molecule has 0 radical (unpaired) electrons. The normalized spacial score (nSPS) is 15.1. The van der Waals surface area contributed by atoms with Gasteiger partial charge in [-0.05, 0) is 30.5 Å². The molecule has 1 heterocycles. The van der Waals surface area contributed by atoms with Crippen LogP contribution in [0.1, 0.15) is 18.4 Å². The summed E-state index contributed by atoms with van der Waals surface area (Å²) in [6, 6.07) is 13.6. The number of sulfone groups is 1. The van der Waals surface area contributed by atoms with Crippen LogP contribution in [0.2, 0.25) is 0 Å². The molecule has 0 aromatic heterocycles. The number of hydrogen-bond acceptors (Lipinski definition) is 6. The highest BCUT2D eigenvalue weighted by Crippen LogP contribution is 2.33. The maximum atomic E-state index is 12.4. The van der Waals surface area contributed by atoms with Crippen LogP contribution >= 0.6 is 0 Å². The average Bonchev–Trinajstić information content (AvgIpc) is 2.71. The van der Waals surface area contributed by atoms with Gasteiger partial charge in [0.15, 0.2) is 9.84 Å². The number of rotatable bonds is 6. The number of nitro benzene ring substituents is 1. The lowest BCUT2D eigenvalue weighted by Gasteiger charge is -2.32. The molecule has 1 amide bonds. The van der Waals surface area contributed by atoms with Crippen molar-refractivity contribution in [2.45, 2.75) is 24.3 Å². The number of carbonyl (C=O) groups is 1. The van der Waals surface area contributed by atoms with Gasteiger partial charge in [0, 0.05) is 37.9 Å². The zero-order chi connectivity index (χ0) is 21.0. The first-order valence-electron chi connectivity index (χ1n) is 9.31. The van der Waals surface area contributed by atoms with E-state index in [2.05, 4.69) is 5.32 Å². The number of nitro groups is 1. The zero-order valence-corrected chi connectivity index (χ0v) is 16.9. The SMILES string of the molecule is CS(=O)(=O)c1ccc(N2CCC(C(=O)NCc3ccccc3)CC2)c([N+](=O)[O-])c1. The minimum atomic E-state index is -3.53. The van der Waals surface area contributed by atoms with Crippen molar-refractivity contribution < 1.29 is 18.1 Å². The van der Waals surface area contributed by atoms with Gasteiger partial charge in [-0.3, -0.25) is 14.9 Å². The first kappa shape index (κ1) is 20.8. The Morgan fingerprint density at radius 1 is 1.17 bits per heavy atom. The Labute approximate surface area is 169 Å². The van der Waals surface area contributed by atoms with Crippen molar-refractivity contribution in [2.75, 3.05) is 24.2 Å². The van der Waals surface area contributed by atoms with E-state index in [1.54, 1.807) is 0 Å². The van der Waals surface area contributed by atoms with Crippen molar-refractivity contribution in [3.63, 3.8) is 0 Å². The van der Waals surface area contributed by atoms with E-state index < -0.39 is 14.8 Å². The molecule has 0 atom stereocenters. The maximum Gasteiger partial charge on any atom is 0.293 e. The number of amides is 1. The Morgan fingerprint density at radius 2 is 1.83 bits per heavy atom. The molecule has 1 aliphatic heterocycles. The molecule has 2 aromatic rings. The monoisotopic (exact) mass is 417 g/mol. The van der Waals surface area contributed by atoms with Crippen LogP contribution in [0, 0.1) is 16.0 Å².